The van der Waals surface area contributed by atoms with E-state index in [4.69, 9.17) is 4.74 Å². The number of carbonyl (C=O) groups is 1. The Labute approximate surface area is 184 Å². The molecule has 1 aliphatic rings. The Morgan fingerprint density at radius 2 is 1.72 bits per heavy atom. The summed E-state index contributed by atoms with van der Waals surface area (Å²) in [4.78, 5) is 27.8. The molecule has 168 valence electrons. The summed E-state index contributed by atoms with van der Waals surface area (Å²) >= 11 is 0. The van der Waals surface area contributed by atoms with Crippen LogP contribution >= 0.6 is 0 Å². The van der Waals surface area contributed by atoms with E-state index in [2.05, 4.69) is 4.90 Å². The van der Waals surface area contributed by atoms with E-state index in [1.807, 2.05) is 7.05 Å². The lowest BCUT2D eigenvalue weighted by Gasteiger charge is -2.32. The fourth-order valence-corrected chi connectivity index (χ4v) is 5.08. The Kier molecular flexibility index (Phi) is 5.61. The molecule has 0 spiro atoms. The van der Waals surface area contributed by atoms with Gasteiger partial charge < -0.3 is 14.5 Å². The Hall–Kier alpha value is -3.44. The third kappa shape index (κ3) is 3.80. The number of likely N-dealkylation sites (N-methyl/N-ethyl adjacent to an activating group) is 1. The number of methoxy groups -OCH3 is 1. The molecular weight excluding hydrogens is 436 g/mol. The van der Waals surface area contributed by atoms with E-state index in [0.29, 0.717) is 31.9 Å². The van der Waals surface area contributed by atoms with Gasteiger partial charge in [0.1, 0.15) is 5.75 Å². The third-order valence-corrected chi connectivity index (χ3v) is 7.29. The second-order valence-corrected chi connectivity index (χ2v) is 9.39. The van der Waals surface area contributed by atoms with Crippen LogP contribution in [-0.2, 0) is 10.0 Å². The van der Waals surface area contributed by atoms with E-state index < -0.39 is 14.9 Å². The molecule has 10 nitrogen and oxygen atoms in total. The molecule has 2 heterocycles. The zero-order valence-corrected chi connectivity index (χ0v) is 18.4. The number of amides is 1. The number of piperazine rings is 1. The van der Waals surface area contributed by atoms with Gasteiger partial charge in [-0.05, 0) is 37.4 Å². The summed E-state index contributed by atoms with van der Waals surface area (Å²) in [6, 6.07) is 9.71. The highest BCUT2D eigenvalue weighted by Crippen LogP contribution is 2.30. The van der Waals surface area contributed by atoms with E-state index in [-0.39, 0.29) is 33.0 Å². The summed E-state index contributed by atoms with van der Waals surface area (Å²) in [5, 5.41) is 11.5. The van der Waals surface area contributed by atoms with Gasteiger partial charge in [-0.15, -0.1) is 0 Å². The maximum atomic E-state index is 13.4. The van der Waals surface area contributed by atoms with E-state index >= 15 is 0 Å². The lowest BCUT2D eigenvalue weighted by molar-refractivity contribution is -0.384. The lowest BCUT2D eigenvalue weighted by atomic mass is 10.1. The van der Waals surface area contributed by atoms with Crippen molar-refractivity contribution >= 4 is 32.5 Å². The van der Waals surface area contributed by atoms with Crippen molar-refractivity contribution in [2.24, 2.45) is 0 Å². The molecule has 0 radical (unpaired) electrons. The number of hydrogen-bond acceptors (Lipinski definition) is 7. The Morgan fingerprint density at radius 3 is 2.31 bits per heavy atom. The molecule has 3 aromatic rings. The highest BCUT2D eigenvalue weighted by Gasteiger charge is 2.28. The maximum absolute atomic E-state index is 13.4. The van der Waals surface area contributed by atoms with Gasteiger partial charge in [0.2, 0.25) is 0 Å². The van der Waals surface area contributed by atoms with Gasteiger partial charge >= 0.3 is 0 Å². The number of ether oxygens (including phenoxy) is 1. The van der Waals surface area contributed by atoms with Gasteiger partial charge in [-0.25, -0.2) is 12.4 Å². The van der Waals surface area contributed by atoms with Crippen molar-refractivity contribution in [1.82, 2.24) is 13.8 Å². The predicted molar refractivity (Wildman–Crippen MR) is 118 cm³/mol. The molecule has 1 saturated heterocycles. The Morgan fingerprint density at radius 1 is 1.06 bits per heavy atom. The molecule has 1 amide bonds. The summed E-state index contributed by atoms with van der Waals surface area (Å²) in [7, 11) is -0.628. The van der Waals surface area contributed by atoms with Crippen LogP contribution in [0.3, 0.4) is 0 Å². The van der Waals surface area contributed by atoms with Gasteiger partial charge in [0.25, 0.3) is 21.6 Å². The Balaban J connectivity index is 1.86. The number of aromatic nitrogens is 1. The molecule has 0 aliphatic carbocycles. The Bertz CT molecular complexity index is 1290. The van der Waals surface area contributed by atoms with Gasteiger partial charge in [-0.3, -0.25) is 14.9 Å². The normalized spacial score (nSPS) is 15.1. The molecule has 1 aliphatic heterocycles. The molecule has 0 unspecified atom stereocenters. The van der Waals surface area contributed by atoms with E-state index in [0.717, 1.165) is 3.97 Å². The van der Waals surface area contributed by atoms with Crippen LogP contribution in [0.1, 0.15) is 10.4 Å². The van der Waals surface area contributed by atoms with E-state index in [9.17, 15) is 23.3 Å². The average molecular weight is 458 g/mol. The second-order valence-electron chi connectivity index (χ2n) is 7.57. The first-order valence-corrected chi connectivity index (χ1v) is 11.3. The fraction of sp³-hybridized carbons (Fsp3) is 0.286. The summed E-state index contributed by atoms with van der Waals surface area (Å²) in [6.45, 7) is 2.35. The van der Waals surface area contributed by atoms with Crippen LogP contribution in [0.5, 0.6) is 5.75 Å². The maximum Gasteiger partial charge on any atom is 0.270 e. The van der Waals surface area contributed by atoms with Crippen molar-refractivity contribution in [3.63, 3.8) is 0 Å². The van der Waals surface area contributed by atoms with Crippen molar-refractivity contribution < 1.29 is 22.9 Å². The molecular formula is C21H22N4O6S. The first-order chi connectivity index (χ1) is 15.2. The molecule has 32 heavy (non-hydrogen) atoms. The van der Waals surface area contributed by atoms with E-state index in [1.165, 1.54) is 55.8 Å². The first-order valence-electron chi connectivity index (χ1n) is 9.89. The minimum atomic E-state index is -4.06. The van der Waals surface area contributed by atoms with Crippen LogP contribution in [0, 0.1) is 10.1 Å². The number of non-ortho nitro benzene ring substituents is 1. The summed E-state index contributed by atoms with van der Waals surface area (Å²) in [5.41, 5.74) is 0.0961. The summed E-state index contributed by atoms with van der Waals surface area (Å²) in [6.07, 6.45) is 1.26. The minimum Gasteiger partial charge on any atom is -0.497 e. The molecule has 2 aromatic carbocycles. The molecule has 0 N–H and O–H groups in total. The summed E-state index contributed by atoms with van der Waals surface area (Å²) < 4.78 is 32.9. The quantitative estimate of drug-likeness (QED) is 0.425. The smallest absolute Gasteiger partial charge is 0.270 e. The van der Waals surface area contributed by atoms with Crippen molar-refractivity contribution in [3.05, 3.63) is 64.3 Å². The van der Waals surface area contributed by atoms with Gasteiger partial charge in [-0.1, -0.05) is 0 Å². The number of hydrogen-bond donors (Lipinski definition) is 0. The van der Waals surface area contributed by atoms with Crippen molar-refractivity contribution in [1.29, 1.82) is 0 Å². The number of nitrogens with zero attached hydrogens (tertiary/aromatic N) is 4. The standard InChI is InChI=1S/C21H22N4O6S/c1-22-9-11-23(12-10-22)21(26)19-14-24(20-8-3-15(25(27)28)13-18(19)20)32(29,30)17-6-4-16(31-2)5-7-17/h3-8,13-14H,9-12H2,1-2H3. The van der Waals surface area contributed by atoms with Crippen molar-refractivity contribution in [3.8, 4) is 5.75 Å². The van der Waals surface area contributed by atoms with Crippen LogP contribution in [0.2, 0.25) is 0 Å². The van der Waals surface area contributed by atoms with Gasteiger partial charge in [0.05, 0.1) is 28.0 Å². The molecule has 11 heteroatoms. The summed E-state index contributed by atoms with van der Waals surface area (Å²) in [5.74, 6) is 0.148. The molecule has 1 fully saturated rings. The SMILES string of the molecule is COc1ccc(S(=O)(=O)n2cc(C(=O)N3CCN(C)CC3)c3cc([N+](=O)[O-])ccc32)cc1. The van der Waals surface area contributed by atoms with Gasteiger partial charge in [-0.2, -0.15) is 0 Å². The number of rotatable bonds is 5. The molecule has 0 atom stereocenters. The lowest BCUT2D eigenvalue weighted by Crippen LogP contribution is -2.47. The van der Waals surface area contributed by atoms with Crippen molar-refractivity contribution in [2.75, 3.05) is 40.3 Å². The highest BCUT2D eigenvalue weighted by atomic mass is 32.2. The van der Waals surface area contributed by atoms with Crippen LogP contribution in [0.15, 0.2) is 53.6 Å². The zero-order chi connectivity index (χ0) is 23.0. The third-order valence-electron chi connectivity index (χ3n) is 5.60. The second kappa shape index (κ2) is 8.24. The average Bonchev–Trinajstić information content (AvgIpc) is 3.19. The van der Waals surface area contributed by atoms with Crippen LogP contribution < -0.4 is 4.74 Å². The zero-order valence-electron chi connectivity index (χ0n) is 17.6. The number of fused-ring (bicyclic) bond motifs is 1. The highest BCUT2D eigenvalue weighted by molar-refractivity contribution is 7.90. The van der Waals surface area contributed by atoms with E-state index in [1.54, 1.807) is 4.90 Å². The largest absolute Gasteiger partial charge is 0.497 e. The van der Waals surface area contributed by atoms with Gasteiger partial charge in [0, 0.05) is 49.9 Å². The molecule has 1 aromatic heterocycles. The van der Waals surface area contributed by atoms with Gasteiger partial charge in [0.15, 0.2) is 0 Å². The molecule has 0 saturated carbocycles. The first kappa shape index (κ1) is 21.8. The predicted octanol–water partition coefficient (Wildman–Crippen LogP) is 2.18. The fourth-order valence-electron chi connectivity index (χ4n) is 3.71. The monoisotopic (exact) mass is 458 g/mol. The topological polar surface area (TPSA) is 115 Å². The number of carbonyl (C=O) groups excluding carboxylic acids is 1. The number of nitro benzene ring substituents is 1. The van der Waals surface area contributed by atoms with Crippen LogP contribution in [0.25, 0.3) is 10.9 Å². The van der Waals surface area contributed by atoms with Crippen molar-refractivity contribution in [2.45, 2.75) is 4.90 Å². The number of benzene rings is 2. The van der Waals surface area contributed by atoms with Crippen LogP contribution in [-0.4, -0.2) is 73.4 Å². The number of nitro groups is 1. The molecule has 4 rings (SSSR count). The van der Waals surface area contributed by atoms with Crippen LogP contribution in [0.4, 0.5) is 5.69 Å². The molecule has 0 bridgehead atoms. The minimum absolute atomic E-state index is 0.00662.